The third-order valence-electron chi connectivity index (χ3n) is 10.9. The summed E-state index contributed by atoms with van der Waals surface area (Å²) in [6.45, 7) is 4.08. The molecule has 3 saturated carbocycles. The number of aliphatic imine (C=N–C) groups is 3. The molecule has 0 saturated heterocycles. The van der Waals surface area contributed by atoms with Crippen molar-refractivity contribution in [1.82, 2.24) is 13.7 Å². The standard InChI is InChI=1S/C33H48N6O6/c1-3-28(24-10-14-26(15-11-24)35-21-41)37-31(43)38(29(4-2)25-12-16-27(17-13-25)36-22-42)33(45)39(32(37)44)30(18-19-34-20-40)23-8-6-5-7-9-23/h23-30H,3-19H2,1-2H3. The lowest BCUT2D eigenvalue weighted by molar-refractivity contribution is 0.168. The zero-order valence-electron chi connectivity index (χ0n) is 26.8. The van der Waals surface area contributed by atoms with Crippen LogP contribution in [0.2, 0.25) is 0 Å². The summed E-state index contributed by atoms with van der Waals surface area (Å²) >= 11 is 0. The Morgan fingerprint density at radius 1 is 0.578 bits per heavy atom. The highest BCUT2D eigenvalue weighted by Gasteiger charge is 2.37. The highest BCUT2D eigenvalue weighted by molar-refractivity contribution is 5.34. The topological polar surface area (TPSA) is 154 Å². The Bertz CT molecular complexity index is 1370. The Balaban J connectivity index is 1.88. The molecule has 0 aromatic carbocycles. The molecule has 4 rings (SSSR count). The van der Waals surface area contributed by atoms with E-state index >= 15 is 0 Å². The first kappa shape index (κ1) is 34.4. The summed E-state index contributed by atoms with van der Waals surface area (Å²) < 4.78 is 4.06. The molecular formula is C33H48N6O6. The minimum atomic E-state index is -0.578. The molecule has 0 spiro atoms. The van der Waals surface area contributed by atoms with Crippen LogP contribution in [-0.2, 0) is 14.4 Å². The van der Waals surface area contributed by atoms with E-state index in [1.807, 2.05) is 13.8 Å². The molecule has 0 radical (unpaired) electrons. The molecular weight excluding hydrogens is 576 g/mol. The predicted octanol–water partition coefficient (Wildman–Crippen LogP) is 4.71. The van der Waals surface area contributed by atoms with Gasteiger partial charge in [-0.3, -0.25) is 0 Å². The predicted molar refractivity (Wildman–Crippen MR) is 169 cm³/mol. The zero-order valence-corrected chi connectivity index (χ0v) is 26.8. The maximum atomic E-state index is 14.6. The second-order valence-electron chi connectivity index (χ2n) is 13.2. The molecule has 3 unspecified atom stereocenters. The zero-order chi connectivity index (χ0) is 32.3. The van der Waals surface area contributed by atoms with Crippen molar-refractivity contribution in [1.29, 1.82) is 0 Å². The number of nitrogens with zero attached hydrogens (tertiary/aromatic N) is 6. The van der Waals surface area contributed by atoms with Gasteiger partial charge in [0.05, 0.1) is 18.6 Å². The van der Waals surface area contributed by atoms with E-state index in [1.165, 1.54) is 13.7 Å². The van der Waals surface area contributed by atoms with Gasteiger partial charge in [0.25, 0.3) is 0 Å². The minimum absolute atomic E-state index is 0.0161. The third-order valence-corrected chi connectivity index (χ3v) is 10.9. The quantitative estimate of drug-likeness (QED) is 0.229. The van der Waals surface area contributed by atoms with E-state index in [9.17, 15) is 28.8 Å². The minimum Gasteiger partial charge on any atom is -0.247 e. The van der Waals surface area contributed by atoms with Gasteiger partial charge in [-0.15, -0.1) is 0 Å². The molecule has 1 aromatic heterocycles. The van der Waals surface area contributed by atoms with Crippen LogP contribution in [0.3, 0.4) is 0 Å². The van der Waals surface area contributed by atoms with Crippen LogP contribution in [0.25, 0.3) is 0 Å². The van der Waals surface area contributed by atoms with Crippen molar-refractivity contribution in [3.8, 4) is 0 Å². The summed E-state index contributed by atoms with van der Waals surface area (Å²) in [5.74, 6) is 0.0867. The van der Waals surface area contributed by atoms with Gasteiger partial charge < -0.3 is 0 Å². The highest BCUT2D eigenvalue weighted by Crippen LogP contribution is 2.38. The maximum absolute atomic E-state index is 14.6. The normalized spacial score (nSPS) is 26.0. The van der Waals surface area contributed by atoms with Gasteiger partial charge in [-0.25, -0.2) is 57.4 Å². The SMILES string of the molecule is CCC(C1CCC(N=C=O)CC1)n1c(=O)n(C(CC)C2CCC(N=C=O)CC2)c(=O)n(C(CCN=C=O)C2CCCCC2)c1=O. The van der Waals surface area contributed by atoms with Crippen molar-refractivity contribution >= 4 is 18.2 Å². The fourth-order valence-corrected chi connectivity index (χ4v) is 8.62. The first-order valence-electron chi connectivity index (χ1n) is 17.1. The average Bonchev–Trinajstić information content (AvgIpc) is 3.06. The Labute approximate surface area is 263 Å². The van der Waals surface area contributed by atoms with Crippen molar-refractivity contribution in [3.63, 3.8) is 0 Å². The van der Waals surface area contributed by atoms with Gasteiger partial charge in [0.2, 0.25) is 18.2 Å². The summed E-state index contributed by atoms with van der Waals surface area (Å²) in [5, 5.41) is 0. The first-order valence-corrected chi connectivity index (χ1v) is 17.1. The summed E-state index contributed by atoms with van der Waals surface area (Å²) in [6, 6.07) is -1.53. The van der Waals surface area contributed by atoms with E-state index in [4.69, 9.17) is 0 Å². The number of isocyanates is 3. The largest absolute Gasteiger partial charge is 0.336 e. The molecule has 3 atom stereocenters. The molecule has 12 nitrogen and oxygen atoms in total. The van der Waals surface area contributed by atoms with Gasteiger partial charge in [-0.05, 0) is 101 Å². The molecule has 0 N–H and O–H groups in total. The molecule has 12 heteroatoms. The molecule has 246 valence electrons. The van der Waals surface area contributed by atoms with Gasteiger partial charge in [0.1, 0.15) is 0 Å². The van der Waals surface area contributed by atoms with Crippen LogP contribution < -0.4 is 17.1 Å². The van der Waals surface area contributed by atoms with Crippen LogP contribution in [-0.4, -0.2) is 50.6 Å². The summed E-state index contributed by atoms with van der Waals surface area (Å²) in [7, 11) is 0. The molecule has 0 aliphatic heterocycles. The van der Waals surface area contributed by atoms with Crippen LogP contribution >= 0.6 is 0 Å². The fraction of sp³-hybridized carbons (Fsp3) is 0.818. The van der Waals surface area contributed by atoms with Gasteiger partial charge in [-0.2, -0.15) is 0 Å². The van der Waals surface area contributed by atoms with E-state index < -0.39 is 35.2 Å². The smallest absolute Gasteiger partial charge is 0.247 e. The lowest BCUT2D eigenvalue weighted by atomic mass is 9.80. The van der Waals surface area contributed by atoms with Crippen molar-refractivity contribution in [2.75, 3.05) is 6.54 Å². The third kappa shape index (κ3) is 7.86. The summed E-state index contributed by atoms with van der Waals surface area (Å²) in [5.41, 5.74) is -1.72. The molecule has 3 fully saturated rings. The number of hydrogen-bond acceptors (Lipinski definition) is 9. The summed E-state index contributed by atoms with van der Waals surface area (Å²) in [6.07, 6.45) is 16.7. The Hall–Kier alpha value is -3.45. The molecule has 1 heterocycles. The van der Waals surface area contributed by atoms with E-state index in [-0.39, 0.29) is 36.4 Å². The Morgan fingerprint density at radius 3 is 1.36 bits per heavy atom. The van der Waals surface area contributed by atoms with Crippen LogP contribution in [0.15, 0.2) is 29.4 Å². The first-order chi connectivity index (χ1) is 21.9. The van der Waals surface area contributed by atoms with E-state index in [1.54, 1.807) is 18.2 Å². The van der Waals surface area contributed by atoms with Crippen molar-refractivity contribution in [3.05, 3.63) is 31.5 Å². The van der Waals surface area contributed by atoms with Crippen LogP contribution in [0.1, 0.15) is 135 Å². The van der Waals surface area contributed by atoms with Gasteiger partial charge in [0, 0.05) is 18.1 Å². The fourth-order valence-electron chi connectivity index (χ4n) is 8.62. The second-order valence-corrected chi connectivity index (χ2v) is 13.2. The van der Waals surface area contributed by atoms with Crippen molar-refractivity contribution in [2.45, 2.75) is 147 Å². The number of carbonyl (C=O) groups excluding carboxylic acids is 3. The molecule has 3 aliphatic rings. The molecule has 0 bridgehead atoms. The molecule has 45 heavy (non-hydrogen) atoms. The monoisotopic (exact) mass is 624 g/mol. The van der Waals surface area contributed by atoms with E-state index in [0.29, 0.717) is 70.6 Å². The molecule has 0 amide bonds. The summed E-state index contributed by atoms with van der Waals surface area (Å²) in [4.78, 5) is 88.0. The second kappa shape index (κ2) is 16.7. The van der Waals surface area contributed by atoms with Crippen LogP contribution in [0, 0.1) is 17.8 Å². The van der Waals surface area contributed by atoms with E-state index in [2.05, 4.69) is 15.0 Å². The Kier molecular flexibility index (Phi) is 12.8. The lowest BCUT2D eigenvalue weighted by Gasteiger charge is -2.37. The van der Waals surface area contributed by atoms with Gasteiger partial charge >= 0.3 is 17.1 Å². The molecule has 3 aliphatic carbocycles. The van der Waals surface area contributed by atoms with Gasteiger partial charge in [-0.1, -0.05) is 33.1 Å². The van der Waals surface area contributed by atoms with E-state index in [0.717, 1.165) is 32.1 Å². The number of rotatable bonds is 13. The van der Waals surface area contributed by atoms with Crippen LogP contribution in [0.4, 0.5) is 0 Å². The average molecular weight is 625 g/mol. The van der Waals surface area contributed by atoms with Crippen molar-refractivity contribution < 1.29 is 14.4 Å². The highest BCUT2D eigenvalue weighted by atomic mass is 16.2. The lowest BCUT2D eigenvalue weighted by Crippen LogP contribution is -2.59. The maximum Gasteiger partial charge on any atom is 0.336 e. The number of hydrogen-bond donors (Lipinski definition) is 0. The van der Waals surface area contributed by atoms with Crippen LogP contribution in [0.5, 0.6) is 0 Å². The molecule has 1 aromatic rings. The number of aromatic nitrogens is 3. The Morgan fingerprint density at radius 2 is 0.978 bits per heavy atom. The van der Waals surface area contributed by atoms with Gasteiger partial charge in [0.15, 0.2) is 0 Å². The van der Waals surface area contributed by atoms with Crippen molar-refractivity contribution in [2.24, 2.45) is 32.7 Å².